The van der Waals surface area contributed by atoms with Gasteiger partial charge in [-0.2, -0.15) is 0 Å². The van der Waals surface area contributed by atoms with E-state index in [1.54, 1.807) is 0 Å². The molecule has 0 aliphatic carbocycles. The van der Waals surface area contributed by atoms with Crippen LogP contribution in [-0.2, 0) is 12.8 Å². The van der Waals surface area contributed by atoms with E-state index in [4.69, 9.17) is 14.1 Å². The Morgan fingerprint density at radius 3 is 2.26 bits per heavy atom. The van der Waals surface area contributed by atoms with E-state index in [2.05, 4.69) is 90.1 Å². The van der Waals surface area contributed by atoms with E-state index in [9.17, 15) is 0 Å². The zero-order valence-corrected chi connectivity index (χ0v) is 23.0. The fourth-order valence-corrected chi connectivity index (χ4v) is 6.17. The second-order valence-electron chi connectivity index (χ2n) is 13.3. The molecule has 0 saturated carbocycles. The Balaban J connectivity index is 1.58. The largest absolute Gasteiger partial charge is 0.456 e. The molecule has 0 N–H and O–H groups in total. The summed E-state index contributed by atoms with van der Waals surface area (Å²) in [5, 5.41) is 7.05. The van der Waals surface area contributed by atoms with Gasteiger partial charge >= 0.3 is 0 Å². The smallest absolute Gasteiger partial charge is 0.143 e. The summed E-state index contributed by atoms with van der Waals surface area (Å²) in [6, 6.07) is 21.6. The van der Waals surface area contributed by atoms with Crippen LogP contribution in [0.1, 0.15) is 52.7 Å². The molecule has 6 aromatic rings. The van der Waals surface area contributed by atoms with Crippen LogP contribution in [0.3, 0.4) is 0 Å². The molecule has 3 heteroatoms. The maximum atomic E-state index is 6.92. The molecule has 7 rings (SSSR count). The molecule has 0 unspecified atom stereocenters. The highest BCUT2D eigenvalue weighted by atomic mass is 16.5. The normalized spacial score (nSPS) is 13.4. The summed E-state index contributed by atoms with van der Waals surface area (Å²) in [5.41, 5.74) is 6.57. The topological polar surface area (TPSA) is 35.3 Å². The molecule has 0 saturated heterocycles. The fraction of sp³-hybridized carbons (Fsp3) is 0.286. The van der Waals surface area contributed by atoms with Crippen LogP contribution in [0.25, 0.3) is 54.7 Å². The van der Waals surface area contributed by atoms with Gasteiger partial charge in [-0.25, -0.2) is 0 Å². The third-order valence-electron chi connectivity index (χ3n) is 7.57. The first-order valence-corrected chi connectivity index (χ1v) is 13.6. The number of rotatable bonds is 2. The van der Waals surface area contributed by atoms with Gasteiger partial charge in [0.2, 0.25) is 0 Å². The van der Waals surface area contributed by atoms with Gasteiger partial charge in [0.15, 0.2) is 0 Å². The van der Waals surface area contributed by atoms with Crippen LogP contribution in [0.15, 0.2) is 71.3 Å². The molecule has 38 heavy (non-hydrogen) atoms. The lowest BCUT2D eigenvalue weighted by atomic mass is 9.84. The van der Waals surface area contributed by atoms with Crippen molar-refractivity contribution < 1.29 is 9.15 Å². The van der Waals surface area contributed by atoms with Crippen molar-refractivity contribution in [1.82, 2.24) is 4.98 Å². The third-order valence-corrected chi connectivity index (χ3v) is 7.57. The van der Waals surface area contributed by atoms with Crippen LogP contribution < -0.4 is 4.74 Å². The van der Waals surface area contributed by atoms with Gasteiger partial charge in [-0.15, -0.1) is 0 Å². The number of benzene rings is 4. The molecule has 0 atom stereocenters. The predicted octanol–water partition coefficient (Wildman–Crippen LogP) is 10.2. The van der Waals surface area contributed by atoms with Crippen molar-refractivity contribution in [2.75, 3.05) is 0 Å². The van der Waals surface area contributed by atoms with E-state index >= 15 is 0 Å². The van der Waals surface area contributed by atoms with Crippen molar-refractivity contribution in [2.24, 2.45) is 10.8 Å². The van der Waals surface area contributed by atoms with Gasteiger partial charge in [-0.1, -0.05) is 77.9 Å². The first kappa shape index (κ1) is 23.3. The van der Waals surface area contributed by atoms with Crippen molar-refractivity contribution in [3.05, 3.63) is 78.0 Å². The lowest BCUT2D eigenvalue weighted by Gasteiger charge is -2.27. The Labute approximate surface area is 223 Å². The maximum Gasteiger partial charge on any atom is 0.143 e. The number of aromatic nitrogens is 1. The maximum absolute atomic E-state index is 6.92. The second-order valence-corrected chi connectivity index (χ2v) is 13.3. The quantitative estimate of drug-likeness (QED) is 0.222. The number of ether oxygens (including phenoxy) is 1. The molecule has 2 aromatic heterocycles. The van der Waals surface area contributed by atoms with Gasteiger partial charge in [-0.05, 0) is 69.7 Å². The summed E-state index contributed by atoms with van der Waals surface area (Å²) in [6.45, 7) is 13.7. The molecule has 1 aliphatic rings. The highest BCUT2D eigenvalue weighted by molar-refractivity contribution is 6.18. The van der Waals surface area contributed by atoms with Crippen LogP contribution in [0.4, 0.5) is 0 Å². The SMILES string of the molecule is CC(C)(C)Cc1cccc2c1cc1c3c(nccc32)-c2cc3c(oc4ccccc43)c(CC(C)(C)C)c2O1. The van der Waals surface area contributed by atoms with E-state index in [0.29, 0.717) is 0 Å². The van der Waals surface area contributed by atoms with Crippen molar-refractivity contribution in [3.8, 4) is 22.8 Å². The third kappa shape index (κ3) is 3.60. The molecule has 3 nitrogen and oxygen atoms in total. The van der Waals surface area contributed by atoms with E-state index in [1.807, 2.05) is 18.3 Å². The van der Waals surface area contributed by atoms with Crippen molar-refractivity contribution in [2.45, 2.75) is 54.4 Å². The van der Waals surface area contributed by atoms with E-state index in [0.717, 1.165) is 68.5 Å². The van der Waals surface area contributed by atoms with Crippen LogP contribution in [-0.4, -0.2) is 4.98 Å². The van der Waals surface area contributed by atoms with Crippen LogP contribution in [0.2, 0.25) is 0 Å². The molecule has 190 valence electrons. The molecule has 4 aromatic carbocycles. The summed E-state index contributed by atoms with van der Waals surface area (Å²) in [7, 11) is 0. The zero-order chi connectivity index (χ0) is 26.4. The Hall–Kier alpha value is -3.85. The number of pyridine rings is 1. The number of nitrogens with zero attached hydrogens (tertiary/aromatic N) is 1. The Bertz CT molecular complexity index is 1910. The van der Waals surface area contributed by atoms with Crippen molar-refractivity contribution in [1.29, 1.82) is 0 Å². The molecular formula is C35H33NO2. The first-order valence-electron chi connectivity index (χ1n) is 13.6. The van der Waals surface area contributed by atoms with E-state index in [-0.39, 0.29) is 10.8 Å². The van der Waals surface area contributed by atoms with Gasteiger partial charge < -0.3 is 9.15 Å². The monoisotopic (exact) mass is 499 g/mol. The minimum Gasteiger partial charge on any atom is -0.456 e. The number of hydrogen-bond acceptors (Lipinski definition) is 3. The standard InChI is InChI=1S/C35H33NO2/c1-34(2,3)18-20-10-9-12-21-23-14-15-36-31-26-16-25-22-11-7-8-13-28(22)37-32(25)27(19-35(4,5)6)33(26)38-29(30(23)31)17-24(20)21/h7-17H,18-19H2,1-6H3. The number of fused-ring (bicyclic) bond motifs is 7. The highest BCUT2D eigenvalue weighted by Gasteiger charge is 2.30. The molecule has 0 spiro atoms. The minimum absolute atomic E-state index is 0.0490. The Kier molecular flexibility index (Phi) is 4.80. The predicted molar refractivity (Wildman–Crippen MR) is 158 cm³/mol. The van der Waals surface area contributed by atoms with Gasteiger partial charge in [0.05, 0.1) is 11.1 Å². The summed E-state index contributed by atoms with van der Waals surface area (Å²) in [4.78, 5) is 4.97. The molecule has 1 aliphatic heterocycles. The van der Waals surface area contributed by atoms with E-state index < -0.39 is 0 Å². The second kappa shape index (κ2) is 7.83. The average molecular weight is 500 g/mol. The van der Waals surface area contributed by atoms with Crippen LogP contribution in [0, 0.1) is 10.8 Å². The zero-order valence-electron chi connectivity index (χ0n) is 23.0. The number of para-hydroxylation sites is 1. The lowest BCUT2D eigenvalue weighted by Crippen LogP contribution is -2.12. The number of furan rings is 1. The van der Waals surface area contributed by atoms with Gasteiger partial charge in [-0.3, -0.25) is 4.98 Å². The molecular weight excluding hydrogens is 466 g/mol. The van der Waals surface area contributed by atoms with Gasteiger partial charge in [0.1, 0.15) is 22.7 Å². The van der Waals surface area contributed by atoms with Crippen molar-refractivity contribution in [3.63, 3.8) is 0 Å². The van der Waals surface area contributed by atoms with Crippen LogP contribution >= 0.6 is 0 Å². The first-order chi connectivity index (χ1) is 18.1. The molecule has 3 heterocycles. The summed E-state index contributed by atoms with van der Waals surface area (Å²) in [6.07, 6.45) is 3.78. The summed E-state index contributed by atoms with van der Waals surface area (Å²) >= 11 is 0. The van der Waals surface area contributed by atoms with Crippen molar-refractivity contribution >= 4 is 43.5 Å². The summed E-state index contributed by atoms with van der Waals surface area (Å²) in [5.74, 6) is 1.77. The van der Waals surface area contributed by atoms with Gasteiger partial charge in [0, 0.05) is 28.1 Å². The fourth-order valence-electron chi connectivity index (χ4n) is 6.17. The minimum atomic E-state index is 0.0490. The lowest BCUT2D eigenvalue weighted by molar-refractivity contribution is 0.397. The van der Waals surface area contributed by atoms with E-state index in [1.165, 1.54) is 21.7 Å². The van der Waals surface area contributed by atoms with Gasteiger partial charge in [0.25, 0.3) is 0 Å². The summed E-state index contributed by atoms with van der Waals surface area (Å²) < 4.78 is 13.4. The number of hydrogen-bond donors (Lipinski definition) is 0. The molecule has 0 radical (unpaired) electrons. The highest BCUT2D eigenvalue weighted by Crippen LogP contribution is 2.53. The Morgan fingerprint density at radius 1 is 0.711 bits per heavy atom. The molecule has 0 amide bonds. The Morgan fingerprint density at radius 2 is 1.47 bits per heavy atom. The molecule has 0 fully saturated rings. The molecule has 0 bridgehead atoms. The average Bonchev–Trinajstić information content (AvgIpc) is 3.22. The van der Waals surface area contributed by atoms with Crippen LogP contribution in [0.5, 0.6) is 11.5 Å².